The molecular weight excluding hydrogens is 300 g/mol. The van der Waals surface area contributed by atoms with Crippen LogP contribution in [0.3, 0.4) is 0 Å². The number of aromatic nitrogens is 1. The van der Waals surface area contributed by atoms with Crippen LogP contribution in [0, 0.1) is 12.3 Å². The lowest BCUT2D eigenvalue weighted by molar-refractivity contribution is -0.149. The van der Waals surface area contributed by atoms with E-state index in [1.54, 1.807) is 36.6 Å². The topological polar surface area (TPSA) is 95.8 Å². The van der Waals surface area contributed by atoms with Crippen LogP contribution < -0.4 is 5.32 Å². The van der Waals surface area contributed by atoms with Gasteiger partial charge in [0.05, 0.1) is 0 Å². The minimum absolute atomic E-state index is 0.00416. The fourth-order valence-corrected chi connectivity index (χ4v) is 2.41. The summed E-state index contributed by atoms with van der Waals surface area (Å²) in [4.78, 5) is 39.7. The van der Waals surface area contributed by atoms with Crippen LogP contribution in [-0.4, -0.2) is 58.9 Å². The Hall–Kier alpha value is -2.38. The Kier molecular flexibility index (Phi) is 4.72. The van der Waals surface area contributed by atoms with Gasteiger partial charge in [0.1, 0.15) is 11.2 Å². The van der Waals surface area contributed by atoms with E-state index in [1.165, 1.54) is 6.92 Å². The highest BCUT2D eigenvalue weighted by Crippen LogP contribution is 2.23. The third-order valence-corrected chi connectivity index (χ3v) is 3.98. The van der Waals surface area contributed by atoms with Crippen molar-refractivity contribution in [1.29, 1.82) is 0 Å². The summed E-state index contributed by atoms with van der Waals surface area (Å²) < 4.78 is 4.89. The zero-order valence-electron chi connectivity index (χ0n) is 13.9. The Balaban J connectivity index is 1.99. The Labute approximate surface area is 134 Å². The van der Waals surface area contributed by atoms with Gasteiger partial charge in [-0.25, -0.2) is 0 Å². The summed E-state index contributed by atoms with van der Waals surface area (Å²) in [7, 11) is 0. The fourth-order valence-electron chi connectivity index (χ4n) is 2.41. The molecule has 2 heterocycles. The van der Waals surface area contributed by atoms with E-state index in [-0.39, 0.29) is 17.6 Å². The van der Waals surface area contributed by atoms with E-state index >= 15 is 0 Å². The lowest BCUT2D eigenvalue weighted by atomic mass is 9.90. The highest BCUT2D eigenvalue weighted by molar-refractivity contribution is 6.09. The third kappa shape index (κ3) is 3.69. The van der Waals surface area contributed by atoms with Crippen molar-refractivity contribution in [3.8, 4) is 0 Å². The highest BCUT2D eigenvalue weighted by Gasteiger charge is 2.40. The Morgan fingerprint density at radius 3 is 2.22 bits per heavy atom. The van der Waals surface area contributed by atoms with Crippen molar-refractivity contribution in [2.24, 2.45) is 5.41 Å². The lowest BCUT2D eigenvalue weighted by Crippen LogP contribution is -2.55. The van der Waals surface area contributed by atoms with E-state index < -0.39 is 11.3 Å². The largest absolute Gasteiger partial charge is 0.360 e. The molecular formula is C15H22N4O4. The maximum absolute atomic E-state index is 12.7. The minimum atomic E-state index is -1.23. The first-order valence-electron chi connectivity index (χ1n) is 7.51. The summed E-state index contributed by atoms with van der Waals surface area (Å²) in [6, 6.07) is 1.59. The quantitative estimate of drug-likeness (QED) is 0.824. The van der Waals surface area contributed by atoms with Gasteiger partial charge < -0.3 is 19.6 Å². The zero-order chi connectivity index (χ0) is 17.2. The first kappa shape index (κ1) is 17.0. The molecule has 0 aliphatic carbocycles. The molecule has 0 radical (unpaired) electrons. The predicted molar refractivity (Wildman–Crippen MR) is 82.5 cm³/mol. The van der Waals surface area contributed by atoms with Crippen LogP contribution in [0.15, 0.2) is 10.6 Å². The van der Waals surface area contributed by atoms with Crippen molar-refractivity contribution in [3.05, 3.63) is 11.8 Å². The van der Waals surface area contributed by atoms with E-state index in [4.69, 9.17) is 4.52 Å². The van der Waals surface area contributed by atoms with E-state index in [1.807, 2.05) is 0 Å². The van der Waals surface area contributed by atoms with Gasteiger partial charge in [0, 0.05) is 39.2 Å². The van der Waals surface area contributed by atoms with Gasteiger partial charge >= 0.3 is 0 Å². The van der Waals surface area contributed by atoms with Crippen LogP contribution >= 0.6 is 0 Å². The average molecular weight is 322 g/mol. The SMILES string of the molecule is CC(=O)N1CCN(C(=O)C(C)(C)C(=O)Nc2cc(C)on2)CC1. The molecule has 126 valence electrons. The molecule has 0 aromatic carbocycles. The van der Waals surface area contributed by atoms with Crippen molar-refractivity contribution in [3.63, 3.8) is 0 Å². The summed E-state index contributed by atoms with van der Waals surface area (Å²) in [5.41, 5.74) is -1.23. The van der Waals surface area contributed by atoms with Gasteiger partial charge in [-0.2, -0.15) is 0 Å². The third-order valence-electron chi connectivity index (χ3n) is 3.98. The number of nitrogens with zero attached hydrogens (tertiary/aromatic N) is 3. The molecule has 1 fully saturated rings. The van der Waals surface area contributed by atoms with Gasteiger partial charge in [-0.05, 0) is 20.8 Å². The summed E-state index contributed by atoms with van der Waals surface area (Å²) in [6.45, 7) is 8.21. The second kappa shape index (κ2) is 6.39. The Morgan fingerprint density at radius 2 is 1.74 bits per heavy atom. The molecule has 1 aromatic heterocycles. The molecule has 0 bridgehead atoms. The summed E-state index contributed by atoms with van der Waals surface area (Å²) >= 11 is 0. The molecule has 0 unspecified atom stereocenters. The maximum atomic E-state index is 12.7. The van der Waals surface area contributed by atoms with E-state index in [0.717, 1.165) is 0 Å². The second-order valence-electron chi connectivity index (χ2n) is 6.20. The summed E-state index contributed by atoms with van der Waals surface area (Å²) in [5.74, 6) is 0.151. The number of anilines is 1. The normalized spacial score (nSPS) is 15.5. The number of aryl methyl sites for hydroxylation is 1. The van der Waals surface area contributed by atoms with Crippen molar-refractivity contribution < 1.29 is 18.9 Å². The molecule has 0 atom stereocenters. The summed E-state index contributed by atoms with van der Waals surface area (Å²) in [5, 5.41) is 6.29. The van der Waals surface area contributed by atoms with Crippen LogP contribution in [0.1, 0.15) is 26.5 Å². The Morgan fingerprint density at radius 1 is 1.17 bits per heavy atom. The molecule has 23 heavy (non-hydrogen) atoms. The van der Waals surface area contributed by atoms with Crippen molar-refractivity contribution in [2.45, 2.75) is 27.7 Å². The molecule has 1 aliphatic heterocycles. The van der Waals surface area contributed by atoms with Crippen LogP contribution in [0.2, 0.25) is 0 Å². The first-order chi connectivity index (χ1) is 10.7. The molecule has 1 saturated heterocycles. The maximum Gasteiger partial charge on any atom is 0.240 e. The smallest absolute Gasteiger partial charge is 0.240 e. The highest BCUT2D eigenvalue weighted by atomic mass is 16.5. The molecule has 0 saturated carbocycles. The van der Waals surface area contributed by atoms with Crippen LogP contribution in [0.25, 0.3) is 0 Å². The van der Waals surface area contributed by atoms with Crippen LogP contribution in [-0.2, 0) is 14.4 Å². The number of carbonyl (C=O) groups is 3. The molecule has 8 heteroatoms. The molecule has 1 aromatic rings. The number of rotatable bonds is 3. The van der Waals surface area contributed by atoms with E-state index in [0.29, 0.717) is 31.9 Å². The number of amides is 3. The van der Waals surface area contributed by atoms with E-state index in [2.05, 4.69) is 10.5 Å². The number of piperazine rings is 1. The molecule has 3 amide bonds. The number of hydrogen-bond acceptors (Lipinski definition) is 5. The molecule has 2 rings (SSSR count). The lowest BCUT2D eigenvalue weighted by Gasteiger charge is -2.37. The average Bonchev–Trinajstić information content (AvgIpc) is 2.91. The molecule has 0 spiro atoms. The van der Waals surface area contributed by atoms with Crippen LogP contribution in [0.5, 0.6) is 0 Å². The fraction of sp³-hybridized carbons (Fsp3) is 0.600. The van der Waals surface area contributed by atoms with Gasteiger partial charge in [-0.15, -0.1) is 0 Å². The van der Waals surface area contributed by atoms with Gasteiger partial charge in [0.2, 0.25) is 17.7 Å². The second-order valence-corrected chi connectivity index (χ2v) is 6.20. The number of nitrogens with one attached hydrogen (secondary N) is 1. The number of hydrogen-bond donors (Lipinski definition) is 1. The van der Waals surface area contributed by atoms with Crippen molar-refractivity contribution >= 4 is 23.5 Å². The summed E-state index contributed by atoms with van der Waals surface area (Å²) in [6.07, 6.45) is 0. The molecule has 8 nitrogen and oxygen atoms in total. The van der Waals surface area contributed by atoms with Crippen molar-refractivity contribution in [2.75, 3.05) is 31.5 Å². The molecule has 1 aliphatic rings. The van der Waals surface area contributed by atoms with Crippen LogP contribution in [0.4, 0.5) is 5.82 Å². The van der Waals surface area contributed by atoms with Gasteiger partial charge in [0.15, 0.2) is 5.82 Å². The number of carbonyl (C=O) groups excluding carboxylic acids is 3. The minimum Gasteiger partial charge on any atom is -0.360 e. The Bertz CT molecular complexity index is 615. The monoisotopic (exact) mass is 322 g/mol. The van der Waals surface area contributed by atoms with Crippen molar-refractivity contribution in [1.82, 2.24) is 15.0 Å². The standard InChI is InChI=1S/C15H22N4O4/c1-10-9-12(17-23-10)16-13(21)15(3,4)14(22)19-7-5-18(6-8-19)11(2)20/h9H,5-8H2,1-4H3,(H,16,17,21). The first-order valence-corrected chi connectivity index (χ1v) is 7.51. The zero-order valence-corrected chi connectivity index (χ0v) is 13.9. The van der Waals surface area contributed by atoms with Gasteiger partial charge in [-0.1, -0.05) is 5.16 Å². The predicted octanol–water partition coefficient (Wildman–Crippen LogP) is 0.638. The van der Waals surface area contributed by atoms with Gasteiger partial charge in [-0.3, -0.25) is 14.4 Å². The van der Waals surface area contributed by atoms with E-state index in [9.17, 15) is 14.4 Å². The molecule has 1 N–H and O–H groups in total. The van der Waals surface area contributed by atoms with Gasteiger partial charge in [0.25, 0.3) is 0 Å².